The van der Waals surface area contributed by atoms with E-state index in [1.165, 1.54) is 25.6 Å². The monoisotopic (exact) mass is 381 g/mol. The first-order valence-corrected chi connectivity index (χ1v) is 7.78. The topological polar surface area (TPSA) is 92.5 Å². The zero-order chi connectivity index (χ0) is 19.9. The molecule has 2 N–H and O–H groups in total. The van der Waals surface area contributed by atoms with Crippen LogP contribution in [0, 0.1) is 11.3 Å². The molecule has 144 valence electrons. The molecule has 0 saturated heterocycles. The second-order valence-corrected chi connectivity index (χ2v) is 5.53. The van der Waals surface area contributed by atoms with E-state index in [9.17, 15) is 13.2 Å². The number of halogens is 3. The number of ether oxygens (including phenoxy) is 2. The Balaban J connectivity index is 2.04. The van der Waals surface area contributed by atoms with Gasteiger partial charge in [0.1, 0.15) is 18.1 Å². The summed E-state index contributed by atoms with van der Waals surface area (Å²) in [7, 11) is 1.53. The van der Waals surface area contributed by atoms with Gasteiger partial charge in [0.25, 0.3) is 5.92 Å². The molecule has 2 aromatic rings. The number of nitrogens with zero attached hydrogens (tertiary/aromatic N) is 3. The largest absolute Gasteiger partial charge is 0.457 e. The highest BCUT2D eigenvalue weighted by Gasteiger charge is 2.28. The highest BCUT2D eigenvalue weighted by molar-refractivity contribution is 5.49. The van der Waals surface area contributed by atoms with E-state index in [-0.39, 0.29) is 24.0 Å². The molecule has 10 heteroatoms. The van der Waals surface area contributed by atoms with Crippen molar-refractivity contribution in [1.82, 2.24) is 9.97 Å². The molecule has 0 radical (unpaired) electrons. The average Bonchev–Trinajstić information content (AvgIpc) is 2.63. The van der Waals surface area contributed by atoms with E-state index < -0.39 is 17.3 Å². The molecule has 1 heterocycles. The lowest BCUT2D eigenvalue weighted by Crippen LogP contribution is -2.10. The number of anilines is 1. The number of aromatic nitrogens is 2. The number of hydrogen-bond donors (Lipinski definition) is 2. The van der Waals surface area contributed by atoms with Crippen molar-refractivity contribution in [2.45, 2.75) is 19.5 Å². The van der Waals surface area contributed by atoms with E-state index in [0.29, 0.717) is 19.2 Å². The fraction of sp³-hybridized carbons (Fsp3) is 0.294. The summed E-state index contributed by atoms with van der Waals surface area (Å²) < 4.78 is 50.6. The van der Waals surface area contributed by atoms with Gasteiger partial charge in [0.2, 0.25) is 0 Å². The molecule has 0 saturated carbocycles. The first-order chi connectivity index (χ1) is 12.8. The Labute approximate surface area is 153 Å². The lowest BCUT2D eigenvalue weighted by molar-refractivity contribution is 0.0138. The maximum Gasteiger partial charge on any atom is 0.317 e. The van der Waals surface area contributed by atoms with Crippen molar-refractivity contribution in [2.75, 3.05) is 19.0 Å². The predicted molar refractivity (Wildman–Crippen MR) is 91.1 cm³/mol. The molecule has 0 aliphatic heterocycles. The summed E-state index contributed by atoms with van der Waals surface area (Å²) in [5.74, 6) is -4.32. The Morgan fingerprint density at radius 1 is 1.37 bits per heavy atom. The molecule has 0 fully saturated rings. The Hall–Kier alpha value is -3.01. The number of hydrogen-bond acceptors (Lipinski definition) is 7. The van der Waals surface area contributed by atoms with Crippen LogP contribution < -0.4 is 10.1 Å². The summed E-state index contributed by atoms with van der Waals surface area (Å²) in [6, 6.07) is 4.96. The van der Waals surface area contributed by atoms with E-state index in [1.807, 2.05) is 0 Å². The number of benzene rings is 1. The third kappa shape index (κ3) is 6.03. The number of methoxy groups -OCH3 is 1. The SMILES string of the molecule is COCc1ccnc(OC/C(=C/Nc2ccc(F)c(C(C)(F)F)c2)N=N)n1. The van der Waals surface area contributed by atoms with Crippen molar-refractivity contribution in [3.05, 3.63) is 59.4 Å². The molecule has 0 unspecified atom stereocenters. The van der Waals surface area contributed by atoms with Gasteiger partial charge in [0.05, 0.1) is 17.9 Å². The lowest BCUT2D eigenvalue weighted by atomic mass is 10.1. The van der Waals surface area contributed by atoms with Crippen LogP contribution >= 0.6 is 0 Å². The van der Waals surface area contributed by atoms with Crippen LogP contribution in [0.15, 0.2) is 47.5 Å². The smallest absolute Gasteiger partial charge is 0.317 e. The van der Waals surface area contributed by atoms with Crippen LogP contribution in [-0.2, 0) is 17.3 Å². The third-order valence-electron chi connectivity index (χ3n) is 3.32. The zero-order valence-corrected chi connectivity index (χ0v) is 14.7. The van der Waals surface area contributed by atoms with Gasteiger partial charge in [0, 0.05) is 32.1 Å². The first-order valence-electron chi connectivity index (χ1n) is 7.78. The molecular formula is C17H18F3N5O2. The van der Waals surface area contributed by atoms with Crippen LogP contribution in [0.5, 0.6) is 6.01 Å². The minimum atomic E-state index is -3.32. The van der Waals surface area contributed by atoms with Gasteiger partial charge in [-0.15, -0.1) is 0 Å². The Morgan fingerprint density at radius 3 is 2.81 bits per heavy atom. The molecule has 0 aliphatic carbocycles. The third-order valence-corrected chi connectivity index (χ3v) is 3.32. The van der Waals surface area contributed by atoms with Gasteiger partial charge in [0.15, 0.2) is 0 Å². The summed E-state index contributed by atoms with van der Waals surface area (Å²) in [5, 5.41) is 5.97. The molecular weight excluding hydrogens is 363 g/mol. The van der Waals surface area contributed by atoms with Crippen molar-refractivity contribution >= 4 is 5.69 Å². The maximum atomic E-state index is 13.5. The quantitative estimate of drug-likeness (QED) is 0.634. The summed E-state index contributed by atoms with van der Waals surface area (Å²) in [5.41, 5.74) is 7.42. The lowest BCUT2D eigenvalue weighted by Gasteiger charge is -2.13. The van der Waals surface area contributed by atoms with Gasteiger partial charge < -0.3 is 14.8 Å². The van der Waals surface area contributed by atoms with Crippen LogP contribution in [-0.4, -0.2) is 23.7 Å². The minimum Gasteiger partial charge on any atom is -0.457 e. The van der Waals surface area contributed by atoms with Crippen molar-refractivity contribution < 1.29 is 22.6 Å². The molecule has 1 aromatic carbocycles. The predicted octanol–water partition coefficient (Wildman–Crippen LogP) is 4.24. The molecule has 27 heavy (non-hydrogen) atoms. The zero-order valence-electron chi connectivity index (χ0n) is 14.7. The summed E-state index contributed by atoms with van der Waals surface area (Å²) in [6.45, 7) is 0.771. The molecule has 0 spiro atoms. The fourth-order valence-corrected chi connectivity index (χ4v) is 2.04. The molecule has 2 rings (SSSR count). The maximum absolute atomic E-state index is 13.5. The van der Waals surface area contributed by atoms with Gasteiger partial charge in [-0.3, -0.25) is 0 Å². The summed E-state index contributed by atoms with van der Waals surface area (Å²) in [4.78, 5) is 8.03. The van der Waals surface area contributed by atoms with Gasteiger partial charge in [-0.05, 0) is 24.3 Å². The Bertz CT molecular complexity index is 824. The second-order valence-electron chi connectivity index (χ2n) is 5.53. The van der Waals surface area contributed by atoms with Gasteiger partial charge in [-0.1, -0.05) is 0 Å². The van der Waals surface area contributed by atoms with Gasteiger partial charge >= 0.3 is 6.01 Å². The average molecular weight is 381 g/mol. The second kappa shape index (κ2) is 9.08. The van der Waals surface area contributed by atoms with Crippen LogP contribution in [0.3, 0.4) is 0 Å². The van der Waals surface area contributed by atoms with E-state index in [0.717, 1.165) is 12.1 Å². The highest BCUT2D eigenvalue weighted by atomic mass is 19.3. The van der Waals surface area contributed by atoms with E-state index >= 15 is 0 Å². The summed E-state index contributed by atoms with van der Waals surface area (Å²) in [6.07, 6.45) is 2.79. The van der Waals surface area contributed by atoms with Crippen molar-refractivity contribution in [3.63, 3.8) is 0 Å². The normalized spacial score (nSPS) is 12.0. The highest BCUT2D eigenvalue weighted by Crippen LogP contribution is 2.31. The van der Waals surface area contributed by atoms with Gasteiger partial charge in [-0.2, -0.15) is 10.1 Å². The molecule has 0 atom stereocenters. The number of rotatable bonds is 9. The first kappa shape index (κ1) is 20.3. The Kier molecular flexibility index (Phi) is 6.83. The standard InChI is InChI=1S/C17H18F3N5O2/c1-17(19,20)14-7-11(3-4-15(14)18)23-8-13(25-21)10-27-16-22-6-5-12(24-16)9-26-2/h3-8,21,23H,9-10H2,1-2H3/b13-8-,25-21?. The van der Waals surface area contributed by atoms with Crippen molar-refractivity contribution in [2.24, 2.45) is 5.11 Å². The molecule has 7 nitrogen and oxygen atoms in total. The van der Waals surface area contributed by atoms with E-state index in [1.54, 1.807) is 6.07 Å². The summed E-state index contributed by atoms with van der Waals surface area (Å²) >= 11 is 0. The number of alkyl halides is 2. The molecule has 0 bridgehead atoms. The number of nitrogens with one attached hydrogen (secondary N) is 2. The molecule has 0 aliphatic rings. The molecule has 0 amide bonds. The van der Waals surface area contributed by atoms with E-state index in [4.69, 9.17) is 15.0 Å². The minimum absolute atomic E-state index is 0.0776. The van der Waals surface area contributed by atoms with Crippen molar-refractivity contribution in [1.29, 1.82) is 5.53 Å². The van der Waals surface area contributed by atoms with Crippen LogP contribution in [0.25, 0.3) is 0 Å². The Morgan fingerprint density at radius 2 is 2.15 bits per heavy atom. The van der Waals surface area contributed by atoms with Crippen LogP contribution in [0.2, 0.25) is 0 Å². The van der Waals surface area contributed by atoms with Gasteiger partial charge in [-0.25, -0.2) is 23.7 Å². The van der Waals surface area contributed by atoms with Crippen molar-refractivity contribution in [3.8, 4) is 6.01 Å². The molecule has 1 aromatic heterocycles. The van der Waals surface area contributed by atoms with E-state index in [2.05, 4.69) is 20.4 Å². The van der Waals surface area contributed by atoms with Crippen LogP contribution in [0.1, 0.15) is 18.2 Å². The fourth-order valence-electron chi connectivity index (χ4n) is 2.04. The van der Waals surface area contributed by atoms with Crippen LogP contribution in [0.4, 0.5) is 18.9 Å².